The van der Waals surface area contributed by atoms with E-state index in [1.807, 2.05) is 30.3 Å². The fourth-order valence-electron chi connectivity index (χ4n) is 3.21. The van der Waals surface area contributed by atoms with Crippen LogP contribution in [0.3, 0.4) is 0 Å². The molecule has 1 fully saturated rings. The molecule has 30 heavy (non-hydrogen) atoms. The third-order valence-electron chi connectivity index (χ3n) is 4.86. The van der Waals surface area contributed by atoms with Gasteiger partial charge in [-0.25, -0.2) is 4.79 Å². The van der Waals surface area contributed by atoms with E-state index in [4.69, 9.17) is 14.2 Å². The van der Waals surface area contributed by atoms with Gasteiger partial charge in [0.1, 0.15) is 11.5 Å². The summed E-state index contributed by atoms with van der Waals surface area (Å²) in [6.45, 7) is 2.70. The summed E-state index contributed by atoms with van der Waals surface area (Å²) in [5.74, 6) is 0.0676. The van der Waals surface area contributed by atoms with Crippen LogP contribution in [0.5, 0.6) is 11.5 Å². The van der Waals surface area contributed by atoms with Crippen molar-refractivity contribution in [3.05, 3.63) is 60.2 Å². The smallest absolute Gasteiger partial charge is 0.338 e. The van der Waals surface area contributed by atoms with Gasteiger partial charge in [-0.15, -0.1) is 0 Å². The number of rotatable bonds is 7. The highest BCUT2D eigenvalue weighted by molar-refractivity contribution is 5.91. The van der Waals surface area contributed by atoms with Gasteiger partial charge in [0.2, 0.25) is 0 Å². The van der Waals surface area contributed by atoms with Crippen LogP contribution in [-0.4, -0.2) is 49.0 Å². The van der Waals surface area contributed by atoms with Gasteiger partial charge in [0.15, 0.2) is 6.61 Å². The lowest BCUT2D eigenvalue weighted by molar-refractivity contribution is -0.151. The van der Waals surface area contributed by atoms with Gasteiger partial charge in [-0.2, -0.15) is 0 Å². The second-order valence-corrected chi connectivity index (χ2v) is 6.92. The Morgan fingerprint density at radius 3 is 2.17 bits per heavy atom. The van der Waals surface area contributed by atoms with E-state index >= 15 is 0 Å². The number of piperidine rings is 1. The summed E-state index contributed by atoms with van der Waals surface area (Å²) in [6, 6.07) is 15.8. The summed E-state index contributed by atoms with van der Waals surface area (Å²) in [7, 11) is 0. The Bertz CT molecular complexity index is 857. The minimum Gasteiger partial charge on any atom is -0.466 e. The molecule has 158 valence electrons. The van der Waals surface area contributed by atoms with E-state index < -0.39 is 5.97 Å². The van der Waals surface area contributed by atoms with Crippen molar-refractivity contribution in [1.29, 1.82) is 0 Å². The number of carbonyl (C=O) groups excluding carboxylic acids is 3. The lowest BCUT2D eigenvalue weighted by Gasteiger charge is -2.30. The predicted octanol–water partition coefficient (Wildman–Crippen LogP) is 3.44. The second kappa shape index (κ2) is 10.4. The maximum atomic E-state index is 12.3. The molecule has 1 aliphatic rings. The van der Waals surface area contributed by atoms with Crippen molar-refractivity contribution in [2.75, 3.05) is 26.3 Å². The first-order chi connectivity index (χ1) is 14.6. The molecule has 0 unspecified atom stereocenters. The highest BCUT2D eigenvalue weighted by Crippen LogP contribution is 2.22. The van der Waals surface area contributed by atoms with Crippen LogP contribution >= 0.6 is 0 Å². The highest BCUT2D eigenvalue weighted by atomic mass is 16.5. The average Bonchev–Trinajstić information content (AvgIpc) is 2.78. The molecule has 0 atom stereocenters. The molecule has 7 heteroatoms. The summed E-state index contributed by atoms with van der Waals surface area (Å²) in [6.07, 6.45) is 1.11. The highest BCUT2D eigenvalue weighted by Gasteiger charge is 2.28. The molecule has 1 heterocycles. The van der Waals surface area contributed by atoms with Crippen molar-refractivity contribution >= 4 is 17.8 Å². The van der Waals surface area contributed by atoms with Crippen molar-refractivity contribution in [1.82, 2.24) is 4.90 Å². The fourth-order valence-corrected chi connectivity index (χ4v) is 3.21. The minimum absolute atomic E-state index is 0.173. The van der Waals surface area contributed by atoms with Gasteiger partial charge < -0.3 is 19.1 Å². The van der Waals surface area contributed by atoms with Crippen LogP contribution in [0, 0.1) is 5.92 Å². The lowest BCUT2D eigenvalue weighted by atomic mass is 9.97. The Kier molecular flexibility index (Phi) is 7.43. The van der Waals surface area contributed by atoms with E-state index in [0.717, 1.165) is 0 Å². The van der Waals surface area contributed by atoms with Crippen LogP contribution in [0.25, 0.3) is 0 Å². The number of amides is 1. The molecule has 0 radical (unpaired) electrons. The molecule has 2 aromatic carbocycles. The van der Waals surface area contributed by atoms with Crippen LogP contribution in [0.2, 0.25) is 0 Å². The molecular formula is C23H25NO6. The molecule has 0 spiro atoms. The Morgan fingerprint density at radius 2 is 1.53 bits per heavy atom. The molecule has 1 aliphatic heterocycles. The topological polar surface area (TPSA) is 82.1 Å². The van der Waals surface area contributed by atoms with Gasteiger partial charge in [-0.3, -0.25) is 9.59 Å². The molecule has 0 saturated carbocycles. The van der Waals surface area contributed by atoms with E-state index in [9.17, 15) is 14.4 Å². The first-order valence-electron chi connectivity index (χ1n) is 10.0. The Hall–Kier alpha value is -3.35. The summed E-state index contributed by atoms with van der Waals surface area (Å²) in [5.41, 5.74) is 0.337. The summed E-state index contributed by atoms with van der Waals surface area (Å²) >= 11 is 0. The number of ether oxygens (including phenoxy) is 3. The molecular weight excluding hydrogens is 386 g/mol. The quantitative estimate of drug-likeness (QED) is 0.649. The molecule has 3 rings (SSSR count). The average molecular weight is 411 g/mol. The number of para-hydroxylation sites is 1. The maximum absolute atomic E-state index is 12.3. The predicted molar refractivity (Wildman–Crippen MR) is 109 cm³/mol. The van der Waals surface area contributed by atoms with Crippen molar-refractivity contribution in [3.8, 4) is 11.5 Å². The number of esters is 2. The van der Waals surface area contributed by atoms with E-state index in [2.05, 4.69) is 0 Å². The zero-order valence-electron chi connectivity index (χ0n) is 16.9. The Balaban J connectivity index is 1.44. The van der Waals surface area contributed by atoms with Crippen LogP contribution in [0.1, 0.15) is 30.1 Å². The zero-order valence-corrected chi connectivity index (χ0v) is 16.9. The molecule has 0 N–H and O–H groups in total. The molecule has 7 nitrogen and oxygen atoms in total. The fraction of sp³-hybridized carbons (Fsp3) is 0.348. The standard InChI is InChI=1S/C23H25NO6/c1-2-28-22(26)18-12-14-24(15-13-18)21(25)16-29-23(27)17-8-10-20(11-9-17)30-19-6-4-3-5-7-19/h3-11,18H,2,12-16H2,1H3. The van der Waals surface area contributed by atoms with Crippen LogP contribution < -0.4 is 4.74 Å². The Morgan fingerprint density at radius 1 is 0.900 bits per heavy atom. The largest absolute Gasteiger partial charge is 0.466 e. The number of hydrogen-bond acceptors (Lipinski definition) is 6. The first kappa shape index (κ1) is 21.4. The molecule has 0 bridgehead atoms. The molecule has 0 aliphatic carbocycles. The Labute approximate surface area is 175 Å². The minimum atomic E-state index is -0.573. The third-order valence-corrected chi connectivity index (χ3v) is 4.86. The summed E-state index contributed by atoms with van der Waals surface area (Å²) < 4.78 is 15.9. The van der Waals surface area contributed by atoms with Gasteiger partial charge in [0.05, 0.1) is 18.1 Å². The SMILES string of the molecule is CCOC(=O)C1CCN(C(=O)COC(=O)c2ccc(Oc3ccccc3)cc2)CC1. The van der Waals surface area contributed by atoms with Gasteiger partial charge in [-0.05, 0) is 56.2 Å². The second-order valence-electron chi connectivity index (χ2n) is 6.92. The number of likely N-dealkylation sites (tertiary alicyclic amines) is 1. The van der Waals surface area contributed by atoms with E-state index in [1.165, 1.54) is 0 Å². The van der Waals surface area contributed by atoms with E-state index in [0.29, 0.717) is 49.6 Å². The van der Waals surface area contributed by atoms with Gasteiger partial charge in [0, 0.05) is 13.1 Å². The molecule has 0 aromatic heterocycles. The van der Waals surface area contributed by atoms with Gasteiger partial charge in [-0.1, -0.05) is 18.2 Å². The summed E-state index contributed by atoms with van der Waals surface area (Å²) in [4.78, 5) is 37.9. The van der Waals surface area contributed by atoms with Crippen LogP contribution in [-0.2, 0) is 19.1 Å². The number of benzene rings is 2. The molecule has 1 amide bonds. The van der Waals surface area contributed by atoms with Crippen molar-refractivity contribution in [2.24, 2.45) is 5.92 Å². The van der Waals surface area contributed by atoms with Crippen LogP contribution in [0.15, 0.2) is 54.6 Å². The first-order valence-corrected chi connectivity index (χ1v) is 10.0. The maximum Gasteiger partial charge on any atom is 0.338 e. The van der Waals surface area contributed by atoms with Crippen LogP contribution in [0.4, 0.5) is 0 Å². The van der Waals surface area contributed by atoms with Gasteiger partial charge >= 0.3 is 11.9 Å². The molecule has 2 aromatic rings. The zero-order chi connectivity index (χ0) is 21.3. The van der Waals surface area contributed by atoms with Crippen molar-refractivity contribution in [2.45, 2.75) is 19.8 Å². The van der Waals surface area contributed by atoms with E-state index in [-0.39, 0.29) is 24.4 Å². The summed E-state index contributed by atoms with van der Waals surface area (Å²) in [5, 5.41) is 0. The van der Waals surface area contributed by atoms with Crippen molar-refractivity contribution < 1.29 is 28.6 Å². The normalized spacial score (nSPS) is 14.1. The van der Waals surface area contributed by atoms with E-state index in [1.54, 1.807) is 36.1 Å². The monoisotopic (exact) mass is 411 g/mol. The number of carbonyl (C=O) groups is 3. The number of hydrogen-bond donors (Lipinski definition) is 0. The number of nitrogens with zero attached hydrogens (tertiary/aromatic N) is 1. The molecule has 1 saturated heterocycles. The third kappa shape index (κ3) is 5.83. The van der Waals surface area contributed by atoms with Crippen molar-refractivity contribution in [3.63, 3.8) is 0 Å². The lowest BCUT2D eigenvalue weighted by Crippen LogP contribution is -2.42. The van der Waals surface area contributed by atoms with Gasteiger partial charge in [0.25, 0.3) is 5.91 Å².